The average Bonchev–Trinajstić information content (AvgIpc) is 3.58. The number of allylic oxidation sites excluding steroid dienone is 1. The summed E-state index contributed by atoms with van der Waals surface area (Å²) in [5, 5.41) is 73.4. The average molecular weight is 702 g/mol. The van der Waals surface area contributed by atoms with Crippen molar-refractivity contribution in [3.05, 3.63) is 48.3 Å². The van der Waals surface area contributed by atoms with Gasteiger partial charge < -0.3 is 59.3 Å². The van der Waals surface area contributed by atoms with Gasteiger partial charge in [-0.3, -0.25) is 4.79 Å². The predicted molar refractivity (Wildman–Crippen MR) is 180 cm³/mol. The highest BCUT2D eigenvalue weighted by molar-refractivity contribution is 5.87. The molecular formula is C37H51NO12. The molecule has 4 aliphatic rings. The fourth-order valence-corrected chi connectivity index (χ4v) is 8.69. The zero-order valence-corrected chi connectivity index (χ0v) is 28.7. The van der Waals surface area contributed by atoms with Gasteiger partial charge in [-0.1, -0.05) is 50.5 Å². The summed E-state index contributed by atoms with van der Waals surface area (Å²) in [6.45, 7) is 4.31. The van der Waals surface area contributed by atoms with Gasteiger partial charge in [0.1, 0.15) is 24.4 Å². The number of carbonyl (C=O) groups excluding carboxylic acids is 1. The van der Waals surface area contributed by atoms with Gasteiger partial charge in [-0.25, -0.2) is 0 Å². The third-order valence-corrected chi connectivity index (χ3v) is 11.2. The summed E-state index contributed by atoms with van der Waals surface area (Å²) in [6, 6.07) is 3.52. The second-order valence-electron chi connectivity index (χ2n) is 14.0. The number of nitrogens with one attached hydrogen (secondary N) is 1. The van der Waals surface area contributed by atoms with Crippen LogP contribution in [0, 0.1) is 23.2 Å². The minimum Gasteiger partial charge on any atom is -0.485 e. The fraction of sp³-hybridized carbons (Fsp3) is 0.649. The smallest absolute Gasteiger partial charge is 0.306 e. The van der Waals surface area contributed by atoms with Gasteiger partial charge >= 0.3 is 5.97 Å². The molecule has 0 amide bonds. The number of benzene rings is 1. The number of aryl methyl sites for hydroxylation is 1. The number of hydrogen-bond acceptors (Lipinski definition) is 13. The zero-order valence-electron chi connectivity index (χ0n) is 28.7. The van der Waals surface area contributed by atoms with Crippen LogP contribution in [0.5, 0.6) is 11.5 Å². The van der Waals surface area contributed by atoms with Gasteiger partial charge in [0.05, 0.1) is 32.2 Å². The fourth-order valence-electron chi connectivity index (χ4n) is 8.69. The van der Waals surface area contributed by atoms with Gasteiger partial charge in [0.15, 0.2) is 16.9 Å². The highest BCUT2D eigenvalue weighted by Crippen LogP contribution is 2.64. The van der Waals surface area contributed by atoms with E-state index in [1.807, 2.05) is 0 Å². The Balaban J connectivity index is 1.41. The van der Waals surface area contributed by atoms with E-state index < -0.39 is 78.2 Å². The molecule has 1 aromatic heterocycles. The Morgan fingerprint density at radius 3 is 2.58 bits per heavy atom. The molecule has 276 valence electrons. The first-order valence-electron chi connectivity index (χ1n) is 17.9. The van der Waals surface area contributed by atoms with E-state index in [2.05, 4.69) is 12.2 Å². The predicted octanol–water partition coefficient (Wildman–Crippen LogP) is 1.74. The maximum absolute atomic E-state index is 12.8. The van der Waals surface area contributed by atoms with E-state index in [1.54, 1.807) is 37.3 Å². The third kappa shape index (κ3) is 5.95. The lowest BCUT2D eigenvalue weighted by molar-refractivity contribution is -0.408. The summed E-state index contributed by atoms with van der Waals surface area (Å²) < 4.78 is 30.2. The van der Waals surface area contributed by atoms with Crippen molar-refractivity contribution in [2.45, 2.75) is 88.2 Å². The Kier molecular flexibility index (Phi) is 11.0. The highest BCUT2D eigenvalue weighted by atomic mass is 16.7. The van der Waals surface area contributed by atoms with Crippen molar-refractivity contribution in [2.24, 2.45) is 23.2 Å². The Hall–Kier alpha value is -3.01. The molecule has 2 heterocycles. The second kappa shape index (κ2) is 14.9. The molecule has 1 saturated carbocycles. The minimum atomic E-state index is -2.44. The number of ether oxygens (including phenoxy) is 4. The van der Waals surface area contributed by atoms with Crippen LogP contribution < -0.4 is 14.8 Å². The number of fused-ring (bicyclic) bond motifs is 4. The van der Waals surface area contributed by atoms with Crippen molar-refractivity contribution < 1.29 is 58.8 Å². The molecule has 0 radical (unpaired) electrons. The third-order valence-electron chi connectivity index (χ3n) is 11.2. The molecule has 3 aliphatic carbocycles. The lowest BCUT2D eigenvalue weighted by Gasteiger charge is -2.69. The number of furan rings is 1. The van der Waals surface area contributed by atoms with Crippen LogP contribution in [0.4, 0.5) is 0 Å². The highest BCUT2D eigenvalue weighted by Gasteiger charge is 2.78. The standard InChI is InChI=1S/C37H51NO12/c1-3-5-6-7-15-38-16-18-48-31-29-23(13-17-47-29)19-22(8-11-28(42)46-4-2)30(31)50-34-37(45)32-24-9-10-26(41)35(32,21-40)14-12-25(24)36(44,33(37)43)27(20-39)49-34/h9-10,12-14,17,19,24-27,32-34,38-41,43-45H,3-8,11,15-16,18,20-21H2,1-2H3/t24-,25+,26-,27+,32+,33-,34-,35+,36-,37-/m0/s1. The van der Waals surface area contributed by atoms with Gasteiger partial charge in [0.2, 0.25) is 12.0 Å². The van der Waals surface area contributed by atoms with Crippen LogP contribution in [0.2, 0.25) is 0 Å². The first-order valence-corrected chi connectivity index (χ1v) is 17.9. The molecule has 13 heteroatoms. The minimum absolute atomic E-state index is 0.00840. The van der Waals surface area contributed by atoms with Crippen LogP contribution in [0.1, 0.15) is 51.5 Å². The number of rotatable bonds is 17. The van der Waals surface area contributed by atoms with Crippen LogP contribution in [0.15, 0.2) is 47.1 Å². The van der Waals surface area contributed by atoms with Crippen molar-refractivity contribution in [1.29, 1.82) is 0 Å². The summed E-state index contributed by atoms with van der Waals surface area (Å²) in [5.41, 5.74) is -5.22. The zero-order chi connectivity index (χ0) is 35.7. The first-order chi connectivity index (χ1) is 24.1. The van der Waals surface area contributed by atoms with Gasteiger partial charge in [-0.2, -0.15) is 0 Å². The van der Waals surface area contributed by atoms with Crippen molar-refractivity contribution in [3.63, 3.8) is 0 Å². The largest absolute Gasteiger partial charge is 0.485 e. The number of carbonyl (C=O) groups is 1. The SMILES string of the molecule is CCCCCCNCCOc1c(O[C@@H]2O[C@H](CO)[C@]3(O)[C@H](O)[C@@]2(O)[C@@H]2[C@H]4C=C[C@H](O)[C@]2(CO)C=C[C@H]43)c(CCC(=O)OCC)cc2ccoc12. The molecule has 0 spiro atoms. The lowest BCUT2D eigenvalue weighted by atomic mass is 9.42. The van der Waals surface area contributed by atoms with E-state index in [-0.39, 0.29) is 37.6 Å². The van der Waals surface area contributed by atoms with E-state index >= 15 is 0 Å². The molecule has 0 unspecified atom stereocenters. The van der Waals surface area contributed by atoms with E-state index in [1.165, 1.54) is 18.8 Å². The van der Waals surface area contributed by atoms with Crippen molar-refractivity contribution in [1.82, 2.24) is 5.32 Å². The monoisotopic (exact) mass is 701 g/mol. The molecule has 2 fully saturated rings. The summed E-state index contributed by atoms with van der Waals surface area (Å²) in [4.78, 5) is 12.5. The topological polar surface area (TPSA) is 201 Å². The summed E-state index contributed by atoms with van der Waals surface area (Å²) >= 11 is 0. The number of esters is 1. The Bertz CT molecular complexity index is 1560. The van der Waals surface area contributed by atoms with Crippen LogP contribution >= 0.6 is 0 Å². The molecule has 1 saturated heterocycles. The Morgan fingerprint density at radius 2 is 1.84 bits per heavy atom. The maximum atomic E-state index is 12.8. The molecule has 7 N–H and O–H groups in total. The van der Waals surface area contributed by atoms with Crippen molar-refractivity contribution in [3.8, 4) is 11.5 Å². The maximum Gasteiger partial charge on any atom is 0.306 e. The molecule has 50 heavy (non-hydrogen) atoms. The quantitative estimate of drug-likeness (QED) is 0.0716. The van der Waals surface area contributed by atoms with Crippen molar-refractivity contribution in [2.75, 3.05) is 39.5 Å². The molecule has 6 bridgehead atoms. The van der Waals surface area contributed by atoms with E-state index in [4.69, 9.17) is 23.4 Å². The Labute approximate surface area is 291 Å². The van der Waals surface area contributed by atoms with Crippen LogP contribution in [-0.4, -0.2) is 112 Å². The van der Waals surface area contributed by atoms with Crippen molar-refractivity contribution >= 4 is 16.9 Å². The number of hydrogen-bond donors (Lipinski definition) is 7. The first kappa shape index (κ1) is 36.8. The number of unbranched alkanes of at least 4 members (excludes halogenated alkanes) is 3. The van der Waals surface area contributed by atoms with Crippen LogP contribution in [0.3, 0.4) is 0 Å². The summed E-state index contributed by atoms with van der Waals surface area (Å²) in [6.07, 6.45) is 6.12. The molecule has 10 atom stereocenters. The van der Waals surface area contributed by atoms with Gasteiger partial charge in [0.25, 0.3) is 0 Å². The van der Waals surface area contributed by atoms with Gasteiger partial charge in [-0.05, 0) is 49.9 Å². The summed E-state index contributed by atoms with van der Waals surface area (Å²) in [5.74, 6) is -2.77. The van der Waals surface area contributed by atoms with E-state index in [0.717, 1.165) is 25.8 Å². The molecule has 6 rings (SSSR count). The molecule has 13 nitrogen and oxygen atoms in total. The normalized spacial score (nSPS) is 35.3. The van der Waals surface area contributed by atoms with Gasteiger partial charge in [0, 0.05) is 35.6 Å². The molecule has 1 aliphatic heterocycles. The number of aliphatic hydroxyl groups excluding tert-OH is 4. The molecule has 1 aromatic carbocycles. The molecule has 2 aromatic rings. The second-order valence-corrected chi connectivity index (χ2v) is 14.0. The van der Waals surface area contributed by atoms with Crippen LogP contribution in [0.25, 0.3) is 11.0 Å². The Morgan fingerprint density at radius 1 is 1.02 bits per heavy atom. The van der Waals surface area contributed by atoms with Gasteiger partial charge in [-0.15, -0.1) is 0 Å². The lowest BCUT2D eigenvalue weighted by Crippen LogP contribution is -2.85. The number of aliphatic hydroxyl groups is 6. The van der Waals surface area contributed by atoms with Crippen LogP contribution in [-0.2, 0) is 20.7 Å². The molecular weight excluding hydrogens is 650 g/mol. The van der Waals surface area contributed by atoms with E-state index in [9.17, 15) is 35.4 Å². The summed E-state index contributed by atoms with van der Waals surface area (Å²) in [7, 11) is 0. The van der Waals surface area contributed by atoms with E-state index in [0.29, 0.717) is 23.1 Å².